The molecule has 1 aliphatic rings. The van der Waals surface area contributed by atoms with Crippen molar-refractivity contribution in [2.45, 2.75) is 24.8 Å². The molecule has 21 heavy (non-hydrogen) atoms. The smallest absolute Gasteiger partial charge is 0.250 e. The fourth-order valence-electron chi connectivity index (χ4n) is 2.56. The minimum atomic E-state index is -0.359. The summed E-state index contributed by atoms with van der Waals surface area (Å²) >= 11 is 0. The number of rotatable bonds is 3. The molecule has 0 spiro atoms. The molecule has 2 aromatic heterocycles. The van der Waals surface area contributed by atoms with Gasteiger partial charge in [-0.2, -0.15) is 0 Å². The third kappa shape index (κ3) is 2.10. The average Bonchev–Trinajstić information content (AvgIpc) is 3.09. The van der Waals surface area contributed by atoms with E-state index in [1.807, 2.05) is 10.9 Å². The number of hydrogen-bond acceptors (Lipinski definition) is 5. The van der Waals surface area contributed by atoms with Gasteiger partial charge in [-0.3, -0.25) is 0 Å². The molecule has 1 fully saturated rings. The van der Waals surface area contributed by atoms with E-state index in [9.17, 15) is 4.39 Å². The zero-order valence-corrected chi connectivity index (χ0v) is 11.1. The Kier molecular flexibility index (Phi) is 2.77. The van der Waals surface area contributed by atoms with Gasteiger partial charge < -0.3 is 4.42 Å². The van der Waals surface area contributed by atoms with Crippen molar-refractivity contribution in [2.75, 3.05) is 0 Å². The fourth-order valence-corrected chi connectivity index (χ4v) is 2.56. The molecule has 1 aliphatic carbocycles. The summed E-state index contributed by atoms with van der Waals surface area (Å²) in [6.07, 6.45) is 5.26. The molecule has 0 saturated heterocycles. The van der Waals surface area contributed by atoms with Gasteiger partial charge in [0.25, 0.3) is 5.89 Å². The molecule has 6 nitrogen and oxygen atoms in total. The van der Waals surface area contributed by atoms with Crippen LogP contribution in [0.5, 0.6) is 0 Å². The van der Waals surface area contributed by atoms with Crippen LogP contribution in [0.1, 0.15) is 30.7 Å². The molecular weight excluding hydrogens is 273 g/mol. The van der Waals surface area contributed by atoms with Crippen LogP contribution in [0, 0.1) is 5.82 Å². The number of benzene rings is 1. The molecule has 2 heterocycles. The van der Waals surface area contributed by atoms with Crippen molar-refractivity contribution in [2.24, 2.45) is 0 Å². The lowest BCUT2D eigenvalue weighted by molar-refractivity contribution is 0.213. The summed E-state index contributed by atoms with van der Waals surface area (Å²) in [5.41, 5.74) is 0.336. The van der Waals surface area contributed by atoms with Crippen molar-refractivity contribution in [1.82, 2.24) is 25.2 Å². The largest absolute Gasteiger partial charge is 0.420 e. The summed E-state index contributed by atoms with van der Waals surface area (Å²) in [7, 11) is 0. The van der Waals surface area contributed by atoms with Crippen LogP contribution in [0.25, 0.3) is 11.5 Å². The molecular formula is C14H12FN5O. The van der Waals surface area contributed by atoms with Crippen LogP contribution in [0.15, 0.2) is 41.1 Å². The molecule has 106 valence electrons. The SMILES string of the molecule is Fc1ccccc1-c1nnc(C2CC(n3ccnn3)C2)o1. The monoisotopic (exact) mass is 285 g/mol. The molecule has 1 aromatic carbocycles. The molecule has 0 amide bonds. The first-order chi connectivity index (χ1) is 10.3. The first-order valence-electron chi connectivity index (χ1n) is 6.75. The van der Waals surface area contributed by atoms with Gasteiger partial charge in [-0.05, 0) is 25.0 Å². The highest BCUT2D eigenvalue weighted by Gasteiger charge is 2.36. The first-order valence-corrected chi connectivity index (χ1v) is 6.75. The highest BCUT2D eigenvalue weighted by molar-refractivity contribution is 5.53. The number of halogens is 1. The Labute approximate surface area is 119 Å². The van der Waals surface area contributed by atoms with Gasteiger partial charge in [-0.15, -0.1) is 15.3 Å². The van der Waals surface area contributed by atoms with Gasteiger partial charge in [-0.25, -0.2) is 9.07 Å². The van der Waals surface area contributed by atoms with Gasteiger partial charge in [0.2, 0.25) is 5.89 Å². The zero-order chi connectivity index (χ0) is 14.2. The predicted molar refractivity (Wildman–Crippen MR) is 70.7 cm³/mol. The van der Waals surface area contributed by atoms with Crippen molar-refractivity contribution in [3.63, 3.8) is 0 Å². The highest BCUT2D eigenvalue weighted by atomic mass is 19.1. The topological polar surface area (TPSA) is 69.6 Å². The second kappa shape index (κ2) is 4.76. The van der Waals surface area contributed by atoms with Gasteiger partial charge in [0.05, 0.1) is 17.8 Å². The molecule has 0 atom stereocenters. The van der Waals surface area contributed by atoms with Gasteiger partial charge in [0.1, 0.15) is 5.82 Å². The third-order valence-electron chi connectivity index (χ3n) is 3.82. The molecule has 0 unspecified atom stereocenters. The van der Waals surface area contributed by atoms with Crippen LogP contribution >= 0.6 is 0 Å². The Bertz CT molecular complexity index is 748. The normalized spacial score (nSPS) is 21.2. The maximum Gasteiger partial charge on any atom is 0.250 e. The van der Waals surface area contributed by atoms with Crippen molar-refractivity contribution >= 4 is 0 Å². The summed E-state index contributed by atoms with van der Waals surface area (Å²) in [5, 5.41) is 15.8. The Balaban J connectivity index is 1.50. The lowest BCUT2D eigenvalue weighted by atomic mass is 9.80. The van der Waals surface area contributed by atoms with E-state index in [1.54, 1.807) is 24.4 Å². The van der Waals surface area contributed by atoms with E-state index in [0.29, 0.717) is 17.5 Å². The van der Waals surface area contributed by atoms with E-state index in [0.717, 1.165) is 12.8 Å². The van der Waals surface area contributed by atoms with Gasteiger partial charge in [0, 0.05) is 12.1 Å². The van der Waals surface area contributed by atoms with Crippen LogP contribution < -0.4 is 0 Å². The van der Waals surface area contributed by atoms with E-state index in [4.69, 9.17) is 4.42 Å². The molecule has 0 radical (unpaired) electrons. The average molecular weight is 285 g/mol. The maximum atomic E-state index is 13.7. The van der Waals surface area contributed by atoms with Crippen LogP contribution in [-0.4, -0.2) is 25.2 Å². The summed E-state index contributed by atoms with van der Waals surface area (Å²) in [6.45, 7) is 0. The second-order valence-corrected chi connectivity index (χ2v) is 5.13. The molecule has 0 aliphatic heterocycles. The van der Waals surface area contributed by atoms with E-state index < -0.39 is 0 Å². The second-order valence-electron chi connectivity index (χ2n) is 5.13. The summed E-state index contributed by atoms with van der Waals surface area (Å²) < 4.78 is 21.1. The minimum Gasteiger partial charge on any atom is -0.420 e. The standard InChI is InChI=1S/C14H12FN5O/c15-12-4-2-1-3-11(12)14-18-17-13(21-14)9-7-10(8-9)20-6-5-16-19-20/h1-6,9-10H,7-8H2. The molecule has 4 rings (SSSR count). The van der Waals surface area contributed by atoms with E-state index in [-0.39, 0.29) is 17.6 Å². The zero-order valence-electron chi connectivity index (χ0n) is 11.1. The lowest BCUT2D eigenvalue weighted by Crippen LogP contribution is -2.26. The van der Waals surface area contributed by atoms with Crippen molar-refractivity contribution < 1.29 is 8.81 Å². The highest BCUT2D eigenvalue weighted by Crippen LogP contribution is 2.44. The van der Waals surface area contributed by atoms with Gasteiger partial charge >= 0.3 is 0 Å². The predicted octanol–water partition coefficient (Wildman–Crippen LogP) is 2.59. The minimum absolute atomic E-state index is 0.201. The van der Waals surface area contributed by atoms with Gasteiger partial charge in [0.15, 0.2) is 0 Å². The Morgan fingerprint density at radius 2 is 2.05 bits per heavy atom. The van der Waals surface area contributed by atoms with Gasteiger partial charge in [-0.1, -0.05) is 17.3 Å². The summed E-state index contributed by atoms with van der Waals surface area (Å²) in [5.74, 6) is 0.631. The van der Waals surface area contributed by atoms with E-state index in [1.165, 1.54) is 6.07 Å². The van der Waals surface area contributed by atoms with E-state index >= 15 is 0 Å². The summed E-state index contributed by atoms with van der Waals surface area (Å²) in [4.78, 5) is 0. The quantitative estimate of drug-likeness (QED) is 0.739. The van der Waals surface area contributed by atoms with Crippen LogP contribution in [0.3, 0.4) is 0 Å². The van der Waals surface area contributed by atoms with E-state index in [2.05, 4.69) is 20.5 Å². The molecule has 0 bridgehead atoms. The number of nitrogens with zero attached hydrogens (tertiary/aromatic N) is 5. The van der Waals surface area contributed by atoms with Crippen LogP contribution in [0.4, 0.5) is 4.39 Å². The fraction of sp³-hybridized carbons (Fsp3) is 0.286. The molecule has 1 saturated carbocycles. The molecule has 3 aromatic rings. The van der Waals surface area contributed by atoms with Crippen molar-refractivity contribution in [3.05, 3.63) is 48.4 Å². The number of hydrogen-bond donors (Lipinski definition) is 0. The van der Waals surface area contributed by atoms with Crippen molar-refractivity contribution in [1.29, 1.82) is 0 Å². The Morgan fingerprint density at radius 3 is 2.81 bits per heavy atom. The maximum absolute atomic E-state index is 13.7. The Hall–Kier alpha value is -2.57. The lowest BCUT2D eigenvalue weighted by Gasteiger charge is -2.32. The molecule has 0 N–H and O–H groups in total. The van der Waals surface area contributed by atoms with Crippen molar-refractivity contribution in [3.8, 4) is 11.5 Å². The number of aromatic nitrogens is 5. The first kappa shape index (κ1) is 12.2. The molecule has 7 heteroatoms. The summed E-state index contributed by atoms with van der Waals surface area (Å²) in [6, 6.07) is 6.70. The Morgan fingerprint density at radius 1 is 1.19 bits per heavy atom. The van der Waals surface area contributed by atoms with Crippen LogP contribution in [0.2, 0.25) is 0 Å². The van der Waals surface area contributed by atoms with Crippen LogP contribution in [-0.2, 0) is 0 Å². The third-order valence-corrected chi connectivity index (χ3v) is 3.82.